The average molecular weight is 224 g/mol. The van der Waals surface area contributed by atoms with Gasteiger partial charge < -0.3 is 5.32 Å². The molecule has 0 spiro atoms. The number of hydrogen-bond donors (Lipinski definition) is 1. The van der Waals surface area contributed by atoms with Crippen molar-refractivity contribution in [3.8, 4) is 6.07 Å². The third-order valence-corrected chi connectivity index (χ3v) is 2.42. The summed E-state index contributed by atoms with van der Waals surface area (Å²) >= 11 is 0. The fourth-order valence-corrected chi connectivity index (χ4v) is 1.16. The van der Waals surface area contributed by atoms with Crippen molar-refractivity contribution in [3.05, 3.63) is 29.6 Å². The Morgan fingerprint density at radius 3 is 2.60 bits per heavy atom. The van der Waals surface area contributed by atoms with Gasteiger partial charge in [-0.3, -0.25) is 0 Å². The molecule has 6 nitrogen and oxygen atoms in total. The van der Waals surface area contributed by atoms with Crippen LogP contribution in [0.5, 0.6) is 0 Å². The molecule has 0 atom stereocenters. The molecule has 0 saturated carbocycles. The smallest absolute Gasteiger partial charge is 0.226 e. The predicted molar refractivity (Wildman–Crippen MR) is 54.2 cm³/mol. The van der Waals surface area contributed by atoms with Crippen molar-refractivity contribution in [2.45, 2.75) is 0 Å². The fraction of sp³-hybridized carbons (Fsp3) is 0.125. The second kappa shape index (κ2) is 4.52. The zero-order valence-electron chi connectivity index (χ0n) is 7.88. The van der Waals surface area contributed by atoms with Crippen molar-refractivity contribution in [1.82, 2.24) is 9.97 Å². The normalized spacial score (nSPS) is 11.9. The quantitative estimate of drug-likeness (QED) is 0.742. The highest BCUT2D eigenvalue weighted by Crippen LogP contribution is 2.03. The fourth-order valence-electron chi connectivity index (χ4n) is 0.726. The summed E-state index contributed by atoms with van der Waals surface area (Å²) in [7, 11) is -3.50. The third-order valence-electron chi connectivity index (χ3n) is 1.41. The summed E-state index contributed by atoms with van der Waals surface area (Å²) < 4.78 is 22.0. The molecule has 0 radical (unpaired) electrons. The zero-order chi connectivity index (χ0) is 11.3. The molecule has 0 fully saturated rings. The molecule has 7 heteroatoms. The number of aromatic nitrogens is 2. The van der Waals surface area contributed by atoms with Crippen LogP contribution in [-0.2, 0) is 9.84 Å². The zero-order valence-corrected chi connectivity index (χ0v) is 8.69. The maximum atomic E-state index is 11.0. The predicted octanol–water partition coefficient (Wildman–Crippen LogP) is 0.298. The Kier molecular flexibility index (Phi) is 3.36. The summed E-state index contributed by atoms with van der Waals surface area (Å²) in [6, 6.07) is 3.19. The van der Waals surface area contributed by atoms with Crippen LogP contribution in [-0.4, -0.2) is 24.6 Å². The number of nitrogens with one attached hydrogen (secondary N) is 1. The van der Waals surface area contributed by atoms with E-state index in [0.717, 1.165) is 12.5 Å². The first-order valence-corrected chi connectivity index (χ1v) is 5.77. The van der Waals surface area contributed by atoms with Gasteiger partial charge in [0.25, 0.3) is 0 Å². The number of sulfone groups is 1. The van der Waals surface area contributed by atoms with Crippen molar-refractivity contribution in [2.75, 3.05) is 11.6 Å². The van der Waals surface area contributed by atoms with E-state index in [1.807, 2.05) is 0 Å². The van der Waals surface area contributed by atoms with Crippen molar-refractivity contribution in [2.24, 2.45) is 0 Å². The van der Waals surface area contributed by atoms with Crippen LogP contribution < -0.4 is 5.32 Å². The van der Waals surface area contributed by atoms with Crippen LogP contribution in [0.15, 0.2) is 29.6 Å². The second-order valence-electron chi connectivity index (χ2n) is 2.61. The van der Waals surface area contributed by atoms with Crippen molar-refractivity contribution in [3.63, 3.8) is 0 Å². The summed E-state index contributed by atoms with van der Waals surface area (Å²) in [5.74, 6) is 0.230. The molecule has 0 amide bonds. The van der Waals surface area contributed by atoms with Crippen LogP contribution >= 0.6 is 0 Å². The first-order chi connectivity index (χ1) is 7.04. The third kappa shape index (κ3) is 3.36. The molecule has 1 aromatic rings. The minimum atomic E-state index is -3.50. The Bertz CT molecular complexity index is 501. The highest BCUT2D eigenvalue weighted by Gasteiger charge is 2.09. The Labute approximate surface area is 87.2 Å². The number of nitriles is 1. The maximum Gasteiger partial charge on any atom is 0.226 e. The minimum absolute atomic E-state index is 0.230. The van der Waals surface area contributed by atoms with Gasteiger partial charge in [-0.15, -0.1) is 0 Å². The van der Waals surface area contributed by atoms with Gasteiger partial charge in [-0.1, -0.05) is 0 Å². The largest absolute Gasteiger partial charge is 0.329 e. The highest BCUT2D eigenvalue weighted by atomic mass is 32.2. The molecule has 0 unspecified atom stereocenters. The summed E-state index contributed by atoms with van der Waals surface area (Å²) in [5.41, 5.74) is 0. The van der Waals surface area contributed by atoms with Crippen LogP contribution in [0.25, 0.3) is 0 Å². The van der Waals surface area contributed by atoms with Gasteiger partial charge in [0.2, 0.25) is 5.95 Å². The lowest BCUT2D eigenvalue weighted by atomic mass is 10.6. The summed E-state index contributed by atoms with van der Waals surface area (Å²) in [6.45, 7) is 0. The second-order valence-corrected chi connectivity index (χ2v) is 4.59. The van der Waals surface area contributed by atoms with Gasteiger partial charge in [-0.25, -0.2) is 18.4 Å². The molecule has 0 aliphatic heterocycles. The molecule has 1 heterocycles. The Balaban J connectivity index is 2.87. The van der Waals surface area contributed by atoms with E-state index >= 15 is 0 Å². The van der Waals surface area contributed by atoms with E-state index in [1.54, 1.807) is 12.1 Å². The van der Waals surface area contributed by atoms with E-state index in [4.69, 9.17) is 5.26 Å². The van der Waals surface area contributed by atoms with Crippen LogP contribution in [0.3, 0.4) is 0 Å². The molecule has 0 bridgehead atoms. The molecule has 15 heavy (non-hydrogen) atoms. The SMILES string of the molecule is CS(=O)(=O)/C(C#N)=C/Nc1ncccn1. The van der Waals surface area contributed by atoms with Gasteiger partial charge >= 0.3 is 0 Å². The molecule has 1 rings (SSSR count). The van der Waals surface area contributed by atoms with Gasteiger partial charge in [0.05, 0.1) is 0 Å². The van der Waals surface area contributed by atoms with E-state index in [0.29, 0.717) is 0 Å². The molecule has 0 aromatic carbocycles. The number of rotatable bonds is 3. The number of allylic oxidation sites excluding steroid dienone is 1. The maximum absolute atomic E-state index is 11.0. The van der Waals surface area contributed by atoms with Crippen LogP contribution in [0.2, 0.25) is 0 Å². The van der Waals surface area contributed by atoms with Gasteiger partial charge in [0, 0.05) is 24.8 Å². The molecule has 1 aromatic heterocycles. The average Bonchev–Trinajstić information content (AvgIpc) is 2.18. The van der Waals surface area contributed by atoms with Gasteiger partial charge in [-0.2, -0.15) is 5.26 Å². The van der Waals surface area contributed by atoms with Crippen LogP contribution in [0, 0.1) is 11.3 Å². The number of anilines is 1. The molecule has 0 saturated heterocycles. The molecular weight excluding hydrogens is 216 g/mol. The van der Waals surface area contributed by atoms with Crippen LogP contribution in [0.1, 0.15) is 0 Å². The Morgan fingerprint density at radius 1 is 1.53 bits per heavy atom. The standard InChI is InChI=1S/C8H8N4O2S/c1-15(13,14)7(5-9)6-12-8-10-3-2-4-11-8/h2-4,6H,1H3,(H,10,11,12)/b7-6+. The molecule has 0 aliphatic rings. The lowest BCUT2D eigenvalue weighted by molar-refractivity contribution is 0.608. The summed E-state index contributed by atoms with van der Waals surface area (Å²) in [5, 5.41) is 11.1. The Morgan fingerprint density at radius 2 is 2.13 bits per heavy atom. The molecule has 78 valence electrons. The highest BCUT2D eigenvalue weighted by molar-refractivity contribution is 7.94. The Hall–Kier alpha value is -1.94. The number of hydrogen-bond acceptors (Lipinski definition) is 6. The van der Waals surface area contributed by atoms with Gasteiger partial charge in [0.1, 0.15) is 6.07 Å². The van der Waals surface area contributed by atoms with Gasteiger partial charge in [0.15, 0.2) is 14.7 Å². The molecule has 0 aliphatic carbocycles. The first kappa shape index (κ1) is 11.1. The van der Waals surface area contributed by atoms with Gasteiger partial charge in [-0.05, 0) is 6.07 Å². The van der Waals surface area contributed by atoms with E-state index in [-0.39, 0.29) is 10.9 Å². The number of nitrogens with zero attached hydrogens (tertiary/aromatic N) is 3. The van der Waals surface area contributed by atoms with Crippen LogP contribution in [0.4, 0.5) is 5.95 Å². The monoisotopic (exact) mass is 224 g/mol. The first-order valence-electron chi connectivity index (χ1n) is 3.88. The summed E-state index contributed by atoms with van der Waals surface area (Å²) in [6.07, 6.45) is 5.01. The van der Waals surface area contributed by atoms with E-state index in [9.17, 15) is 8.42 Å². The summed E-state index contributed by atoms with van der Waals surface area (Å²) in [4.78, 5) is 7.23. The lowest BCUT2D eigenvalue weighted by Crippen LogP contribution is -2.03. The van der Waals surface area contributed by atoms with E-state index in [1.165, 1.54) is 12.4 Å². The van der Waals surface area contributed by atoms with E-state index < -0.39 is 9.84 Å². The minimum Gasteiger partial charge on any atom is -0.329 e. The topological polar surface area (TPSA) is 95.7 Å². The lowest BCUT2D eigenvalue weighted by Gasteiger charge is -1.98. The van der Waals surface area contributed by atoms with Crippen molar-refractivity contribution in [1.29, 1.82) is 5.26 Å². The molecular formula is C8H8N4O2S. The molecule has 1 N–H and O–H groups in total. The van der Waals surface area contributed by atoms with Crippen molar-refractivity contribution < 1.29 is 8.42 Å². The van der Waals surface area contributed by atoms with Crippen molar-refractivity contribution >= 4 is 15.8 Å². The van der Waals surface area contributed by atoms with E-state index in [2.05, 4.69) is 15.3 Å².